The van der Waals surface area contributed by atoms with Crippen LogP contribution in [0.4, 0.5) is 10.2 Å². The first-order valence-corrected chi connectivity index (χ1v) is 9.76. The van der Waals surface area contributed by atoms with E-state index in [0.29, 0.717) is 11.4 Å². The molecule has 0 spiro atoms. The Morgan fingerprint density at radius 1 is 1.23 bits per heavy atom. The molecule has 1 saturated heterocycles. The van der Waals surface area contributed by atoms with Crippen LogP contribution in [-0.2, 0) is 0 Å². The van der Waals surface area contributed by atoms with Gasteiger partial charge in [0.25, 0.3) is 0 Å². The van der Waals surface area contributed by atoms with Crippen molar-refractivity contribution in [3.8, 4) is 6.01 Å². The molecule has 1 fully saturated rings. The highest BCUT2D eigenvalue weighted by Crippen LogP contribution is 2.31. The lowest BCUT2D eigenvalue weighted by Gasteiger charge is -2.30. The summed E-state index contributed by atoms with van der Waals surface area (Å²) in [6.07, 6.45) is 4.79. The van der Waals surface area contributed by atoms with Crippen molar-refractivity contribution in [2.45, 2.75) is 6.92 Å². The number of nitrogens with zero attached hydrogens (tertiary/aromatic N) is 5. The van der Waals surface area contributed by atoms with Crippen LogP contribution in [0, 0.1) is 6.92 Å². The third-order valence-electron chi connectivity index (χ3n) is 5.14. The number of piperazine rings is 1. The van der Waals surface area contributed by atoms with E-state index < -0.39 is 5.83 Å². The molecule has 1 aliphatic heterocycles. The maximum absolute atomic E-state index is 15.7. The number of benzene rings is 1. The molecule has 1 aromatic carbocycles. The van der Waals surface area contributed by atoms with Crippen molar-refractivity contribution in [1.82, 2.24) is 25.5 Å². The lowest BCUT2D eigenvalue weighted by atomic mass is 10.0. The Morgan fingerprint density at radius 2 is 2.03 bits per heavy atom. The molecule has 4 rings (SSSR count). The first-order chi connectivity index (χ1) is 14.6. The quantitative estimate of drug-likeness (QED) is 0.630. The minimum atomic E-state index is -0.487. The van der Waals surface area contributed by atoms with E-state index in [1.54, 1.807) is 19.5 Å². The molecule has 0 radical (unpaired) electrons. The number of anilines is 1. The van der Waals surface area contributed by atoms with Gasteiger partial charge in [-0.3, -0.25) is 10.1 Å². The molecule has 3 heterocycles. The van der Waals surface area contributed by atoms with Crippen molar-refractivity contribution in [3.05, 3.63) is 40.7 Å². The smallest absolute Gasteiger partial charge is 0.318 e. The van der Waals surface area contributed by atoms with E-state index in [9.17, 15) is 0 Å². The monoisotopic (exact) mass is 409 g/mol. The van der Waals surface area contributed by atoms with E-state index in [-0.39, 0.29) is 11.7 Å². The van der Waals surface area contributed by atoms with E-state index >= 15 is 4.39 Å². The van der Waals surface area contributed by atoms with Crippen molar-refractivity contribution in [1.29, 1.82) is 0 Å². The van der Waals surface area contributed by atoms with Crippen molar-refractivity contribution in [2.24, 2.45) is 4.99 Å². The Hall–Kier alpha value is -3.33. The molecule has 0 unspecified atom stereocenters. The van der Waals surface area contributed by atoms with E-state index in [1.165, 1.54) is 13.2 Å². The largest absolute Gasteiger partial charge is 0.467 e. The SMILES string of the molecule is CN=Cc1c(/C(F)=C/c2c(C)ccc3[nH]ncc23)nc(OC)nc1N1CCNCC1. The van der Waals surface area contributed by atoms with Gasteiger partial charge in [-0.25, -0.2) is 4.39 Å². The fraction of sp³-hybridized carbons (Fsp3) is 0.333. The molecule has 0 saturated carbocycles. The summed E-state index contributed by atoms with van der Waals surface area (Å²) in [6.45, 7) is 5.09. The van der Waals surface area contributed by atoms with Crippen LogP contribution in [0.15, 0.2) is 23.3 Å². The van der Waals surface area contributed by atoms with Gasteiger partial charge in [0.1, 0.15) is 17.3 Å². The highest BCUT2D eigenvalue weighted by Gasteiger charge is 2.23. The van der Waals surface area contributed by atoms with Crippen LogP contribution < -0.4 is 15.0 Å². The lowest BCUT2D eigenvalue weighted by Crippen LogP contribution is -2.44. The Kier molecular flexibility index (Phi) is 5.71. The van der Waals surface area contributed by atoms with Gasteiger partial charge in [-0.05, 0) is 30.2 Å². The molecule has 3 aromatic rings. The van der Waals surface area contributed by atoms with Gasteiger partial charge < -0.3 is 15.0 Å². The molecular weight excluding hydrogens is 385 g/mol. The number of nitrogens with one attached hydrogen (secondary N) is 2. The van der Waals surface area contributed by atoms with Gasteiger partial charge >= 0.3 is 6.01 Å². The molecule has 156 valence electrons. The summed E-state index contributed by atoms with van der Waals surface area (Å²) in [5, 5.41) is 11.2. The third kappa shape index (κ3) is 3.76. The molecule has 9 heteroatoms. The standard InChI is InChI=1S/C21H24FN7O/c1-13-4-5-18-15(12-25-28-18)14(13)10-17(22)19-16(11-23-2)20(27-21(26-19)30-3)29-8-6-24-7-9-29/h4-5,10-12,24H,6-9H2,1-3H3,(H,25,28)/b17-10-,23-11?. The summed E-state index contributed by atoms with van der Waals surface area (Å²) in [5.74, 6) is 0.129. The second kappa shape index (κ2) is 8.58. The predicted octanol–water partition coefficient (Wildman–Crippen LogP) is 2.60. The first-order valence-electron chi connectivity index (χ1n) is 9.76. The van der Waals surface area contributed by atoms with E-state index in [4.69, 9.17) is 4.74 Å². The third-order valence-corrected chi connectivity index (χ3v) is 5.14. The maximum atomic E-state index is 15.7. The maximum Gasteiger partial charge on any atom is 0.318 e. The van der Waals surface area contributed by atoms with Crippen molar-refractivity contribution < 1.29 is 9.13 Å². The number of H-pyrrole nitrogens is 1. The van der Waals surface area contributed by atoms with Crippen molar-refractivity contribution in [2.75, 3.05) is 45.2 Å². The van der Waals surface area contributed by atoms with Crippen LogP contribution in [0.25, 0.3) is 22.8 Å². The van der Waals surface area contributed by atoms with Crippen LogP contribution in [0.5, 0.6) is 6.01 Å². The molecule has 0 aliphatic carbocycles. The number of fused-ring (bicyclic) bond motifs is 1. The summed E-state index contributed by atoms with van der Waals surface area (Å²) in [7, 11) is 3.12. The molecular formula is C21H24FN7O. The molecule has 30 heavy (non-hydrogen) atoms. The second-order valence-corrected chi connectivity index (χ2v) is 7.04. The zero-order valence-corrected chi connectivity index (χ0v) is 17.2. The van der Waals surface area contributed by atoms with Gasteiger partial charge in [0.2, 0.25) is 0 Å². The van der Waals surface area contributed by atoms with Gasteiger partial charge in [0.05, 0.1) is 24.4 Å². The number of hydrogen-bond donors (Lipinski definition) is 2. The van der Waals surface area contributed by atoms with Crippen molar-refractivity contribution in [3.63, 3.8) is 0 Å². The lowest BCUT2D eigenvalue weighted by molar-refractivity contribution is 0.378. The van der Waals surface area contributed by atoms with E-state index in [0.717, 1.165) is 48.2 Å². The van der Waals surface area contributed by atoms with Gasteiger partial charge in [-0.2, -0.15) is 15.1 Å². The predicted molar refractivity (Wildman–Crippen MR) is 117 cm³/mol. The summed E-state index contributed by atoms with van der Waals surface area (Å²) < 4.78 is 21.0. The molecule has 0 bridgehead atoms. The Labute approximate surface area is 173 Å². The zero-order valence-electron chi connectivity index (χ0n) is 17.2. The number of halogens is 1. The van der Waals surface area contributed by atoms with Gasteiger partial charge in [-0.15, -0.1) is 0 Å². The number of aromatic amines is 1. The first kappa shape index (κ1) is 20.0. The Morgan fingerprint density at radius 3 is 2.77 bits per heavy atom. The molecule has 0 atom stereocenters. The summed E-state index contributed by atoms with van der Waals surface area (Å²) >= 11 is 0. The number of aryl methyl sites for hydroxylation is 1. The molecule has 1 aliphatic rings. The number of aromatic nitrogens is 4. The summed E-state index contributed by atoms with van der Waals surface area (Å²) in [4.78, 5) is 15.1. The van der Waals surface area contributed by atoms with Crippen LogP contribution in [0.3, 0.4) is 0 Å². The van der Waals surface area contributed by atoms with Gasteiger partial charge in [0, 0.05) is 44.8 Å². The fourth-order valence-corrected chi connectivity index (χ4v) is 3.61. The topological polar surface area (TPSA) is 91.3 Å². The number of aliphatic imine (C=N–C) groups is 1. The van der Waals surface area contributed by atoms with E-state index in [1.807, 2.05) is 19.1 Å². The highest BCUT2D eigenvalue weighted by atomic mass is 19.1. The van der Waals surface area contributed by atoms with Crippen LogP contribution in [-0.4, -0.2) is 66.7 Å². The van der Waals surface area contributed by atoms with Crippen LogP contribution in [0.1, 0.15) is 22.4 Å². The normalized spacial score (nSPS) is 15.3. The molecule has 2 aromatic heterocycles. The number of methoxy groups -OCH3 is 1. The van der Waals surface area contributed by atoms with E-state index in [2.05, 4.69) is 35.4 Å². The molecule has 0 amide bonds. The Balaban J connectivity index is 1.89. The Bertz CT molecular complexity index is 1120. The highest BCUT2D eigenvalue weighted by molar-refractivity contribution is 5.97. The van der Waals surface area contributed by atoms with Crippen LogP contribution >= 0.6 is 0 Å². The fourth-order valence-electron chi connectivity index (χ4n) is 3.61. The summed E-state index contributed by atoms with van der Waals surface area (Å²) in [5.41, 5.74) is 3.22. The number of hydrogen-bond acceptors (Lipinski definition) is 7. The zero-order chi connectivity index (χ0) is 21.1. The summed E-state index contributed by atoms with van der Waals surface area (Å²) in [6, 6.07) is 3.98. The number of rotatable bonds is 5. The van der Waals surface area contributed by atoms with Gasteiger partial charge in [-0.1, -0.05) is 6.07 Å². The average Bonchev–Trinajstić information content (AvgIpc) is 3.25. The van der Waals surface area contributed by atoms with Crippen molar-refractivity contribution >= 4 is 34.8 Å². The number of ether oxygens (including phenoxy) is 1. The molecule has 8 nitrogen and oxygen atoms in total. The minimum Gasteiger partial charge on any atom is -0.467 e. The molecule has 2 N–H and O–H groups in total. The second-order valence-electron chi connectivity index (χ2n) is 7.04. The average molecular weight is 409 g/mol. The van der Waals surface area contributed by atoms with Gasteiger partial charge in [0.15, 0.2) is 0 Å². The minimum absolute atomic E-state index is 0.119. The van der Waals surface area contributed by atoms with Crippen LogP contribution in [0.2, 0.25) is 0 Å².